The van der Waals surface area contributed by atoms with Gasteiger partial charge >= 0.3 is 0 Å². The summed E-state index contributed by atoms with van der Waals surface area (Å²) in [6, 6.07) is 3.96. The van der Waals surface area contributed by atoms with Gasteiger partial charge in [-0.1, -0.05) is 11.2 Å². The molecule has 2 amide bonds. The maximum absolute atomic E-state index is 12.5. The van der Waals surface area contributed by atoms with Gasteiger partial charge < -0.3 is 15.5 Å². The van der Waals surface area contributed by atoms with Crippen LogP contribution in [0, 0.1) is 5.41 Å². The second-order valence-corrected chi connectivity index (χ2v) is 8.00. The van der Waals surface area contributed by atoms with Gasteiger partial charge in [-0.2, -0.15) is 0 Å². The monoisotopic (exact) mass is 398 g/mol. The van der Waals surface area contributed by atoms with Crippen molar-refractivity contribution in [2.24, 2.45) is 5.41 Å². The summed E-state index contributed by atoms with van der Waals surface area (Å²) in [5.74, 6) is 0.341. The maximum atomic E-state index is 12.5. The predicted molar refractivity (Wildman–Crippen MR) is 104 cm³/mol. The molecule has 2 N–H and O–H groups in total. The molecule has 4 heterocycles. The molecule has 2 aliphatic rings. The van der Waals surface area contributed by atoms with Gasteiger partial charge in [0.15, 0.2) is 0 Å². The number of nitrogen functional groups attached to an aromatic ring is 1. The molecule has 1 spiro atoms. The van der Waals surface area contributed by atoms with Gasteiger partial charge in [0.1, 0.15) is 6.54 Å². The molecule has 29 heavy (non-hydrogen) atoms. The molecule has 0 atom stereocenters. The van der Waals surface area contributed by atoms with Crippen LogP contribution in [0.3, 0.4) is 0 Å². The molecule has 2 fully saturated rings. The minimum Gasteiger partial charge on any atom is -0.367 e. The average molecular weight is 398 g/mol. The van der Waals surface area contributed by atoms with Crippen LogP contribution in [0.15, 0.2) is 24.5 Å². The Balaban J connectivity index is 1.31. The van der Waals surface area contributed by atoms with Crippen LogP contribution in [0.25, 0.3) is 0 Å². The van der Waals surface area contributed by atoms with Gasteiger partial charge in [0.2, 0.25) is 17.8 Å². The molecule has 2 aromatic heterocycles. The normalized spacial score (nSPS) is 19.0. The molecule has 2 aliphatic heterocycles. The Hall–Kier alpha value is -3.04. The Kier molecular flexibility index (Phi) is 5.41. The third-order valence-corrected chi connectivity index (χ3v) is 6.16. The summed E-state index contributed by atoms with van der Waals surface area (Å²) in [7, 11) is 0. The predicted octanol–water partition coefficient (Wildman–Crippen LogP) is 0.124. The van der Waals surface area contributed by atoms with Gasteiger partial charge in [0, 0.05) is 45.0 Å². The Morgan fingerprint density at radius 3 is 2.76 bits per heavy atom. The fourth-order valence-electron chi connectivity index (χ4n) is 4.31. The molecule has 4 rings (SSSR count). The van der Waals surface area contributed by atoms with E-state index in [-0.39, 0.29) is 29.7 Å². The van der Waals surface area contributed by atoms with E-state index in [2.05, 4.69) is 20.5 Å². The second-order valence-electron chi connectivity index (χ2n) is 8.00. The zero-order chi connectivity index (χ0) is 20.3. The standard InChI is InChI=1S/C19H26N8O2/c20-18-22-23-24-27(18)13-17(29)25-10-6-19(7-11-25)5-3-16(28)26(14-19)9-4-15-2-1-8-21-12-15/h1-2,8,12H,3-7,9-11,13-14H2,(H2,20,22,24). The highest BCUT2D eigenvalue weighted by molar-refractivity contribution is 5.77. The number of pyridine rings is 1. The van der Waals surface area contributed by atoms with Gasteiger partial charge in [-0.15, -0.1) is 0 Å². The molecule has 0 unspecified atom stereocenters. The Labute approximate surface area is 169 Å². The first-order valence-electron chi connectivity index (χ1n) is 10.0. The fourth-order valence-corrected chi connectivity index (χ4v) is 4.31. The third kappa shape index (κ3) is 4.36. The number of tetrazole rings is 1. The van der Waals surface area contributed by atoms with Gasteiger partial charge in [0.05, 0.1) is 0 Å². The summed E-state index contributed by atoms with van der Waals surface area (Å²) in [6.07, 6.45) is 7.72. The molecule has 0 saturated carbocycles. The van der Waals surface area contributed by atoms with Crippen molar-refractivity contribution in [2.45, 2.75) is 38.6 Å². The van der Waals surface area contributed by atoms with E-state index in [1.165, 1.54) is 4.68 Å². The molecular formula is C19H26N8O2. The van der Waals surface area contributed by atoms with Crippen molar-refractivity contribution in [3.63, 3.8) is 0 Å². The molecule has 0 radical (unpaired) electrons. The summed E-state index contributed by atoms with van der Waals surface area (Å²) in [6.45, 7) is 2.92. The number of nitrogens with two attached hydrogens (primary N) is 1. The van der Waals surface area contributed by atoms with Crippen LogP contribution < -0.4 is 5.73 Å². The van der Waals surface area contributed by atoms with E-state index in [0.717, 1.165) is 37.8 Å². The lowest BCUT2D eigenvalue weighted by molar-refractivity contribution is -0.142. The van der Waals surface area contributed by atoms with Crippen LogP contribution in [0.4, 0.5) is 5.95 Å². The largest absolute Gasteiger partial charge is 0.367 e. The Morgan fingerprint density at radius 2 is 2.07 bits per heavy atom. The van der Waals surface area contributed by atoms with Gasteiger partial charge in [-0.3, -0.25) is 14.6 Å². The van der Waals surface area contributed by atoms with E-state index in [0.29, 0.717) is 26.1 Å². The minimum absolute atomic E-state index is 0.0285. The molecule has 10 nitrogen and oxygen atoms in total. The molecule has 0 aliphatic carbocycles. The average Bonchev–Trinajstić information content (AvgIpc) is 3.14. The van der Waals surface area contributed by atoms with Crippen LogP contribution in [-0.2, 0) is 22.6 Å². The summed E-state index contributed by atoms with van der Waals surface area (Å²) >= 11 is 0. The lowest BCUT2D eigenvalue weighted by atomic mass is 9.72. The zero-order valence-corrected chi connectivity index (χ0v) is 16.4. The number of nitrogens with zero attached hydrogens (tertiary/aromatic N) is 7. The van der Waals surface area contributed by atoms with Crippen LogP contribution in [-0.4, -0.2) is 73.0 Å². The molecule has 2 aromatic rings. The quantitative estimate of drug-likeness (QED) is 0.759. The number of rotatable bonds is 5. The Morgan fingerprint density at radius 1 is 1.24 bits per heavy atom. The molecule has 10 heteroatoms. The van der Waals surface area contributed by atoms with E-state index < -0.39 is 0 Å². The number of likely N-dealkylation sites (tertiary alicyclic amines) is 2. The molecule has 154 valence electrons. The number of carbonyl (C=O) groups excluding carboxylic acids is 2. The third-order valence-electron chi connectivity index (χ3n) is 6.16. The van der Waals surface area contributed by atoms with E-state index >= 15 is 0 Å². The number of aromatic nitrogens is 5. The van der Waals surface area contributed by atoms with Gasteiger partial charge in [0.25, 0.3) is 0 Å². The summed E-state index contributed by atoms with van der Waals surface area (Å²) in [5.41, 5.74) is 6.89. The molecule has 0 aromatic carbocycles. The number of hydrogen-bond donors (Lipinski definition) is 1. The number of carbonyl (C=O) groups is 2. The van der Waals surface area contributed by atoms with Gasteiger partial charge in [-0.25, -0.2) is 4.68 Å². The molecular weight excluding hydrogens is 372 g/mol. The first kappa shape index (κ1) is 19.3. The first-order valence-corrected chi connectivity index (χ1v) is 10.0. The second kappa shape index (κ2) is 8.14. The summed E-state index contributed by atoms with van der Waals surface area (Å²) in [4.78, 5) is 33.0. The van der Waals surface area contributed by atoms with Crippen LogP contribution in [0.1, 0.15) is 31.2 Å². The summed E-state index contributed by atoms with van der Waals surface area (Å²) < 4.78 is 1.31. The van der Waals surface area contributed by atoms with Crippen LogP contribution in [0.2, 0.25) is 0 Å². The van der Waals surface area contributed by atoms with Crippen molar-refractivity contribution in [1.29, 1.82) is 0 Å². The first-order chi connectivity index (χ1) is 14.0. The number of amides is 2. The van der Waals surface area contributed by atoms with E-state index in [4.69, 9.17) is 5.73 Å². The lowest BCUT2D eigenvalue weighted by Gasteiger charge is -2.47. The molecule has 2 saturated heterocycles. The number of anilines is 1. The number of piperidine rings is 2. The highest BCUT2D eigenvalue weighted by atomic mass is 16.2. The SMILES string of the molecule is Nc1nnnn1CC(=O)N1CCC2(CCC(=O)N(CCc3cccnc3)C2)CC1. The van der Waals surface area contributed by atoms with Crippen molar-refractivity contribution in [3.8, 4) is 0 Å². The highest BCUT2D eigenvalue weighted by Crippen LogP contribution is 2.40. The van der Waals surface area contributed by atoms with E-state index in [9.17, 15) is 9.59 Å². The van der Waals surface area contributed by atoms with Crippen molar-refractivity contribution in [2.75, 3.05) is 31.9 Å². The van der Waals surface area contributed by atoms with Crippen molar-refractivity contribution >= 4 is 17.8 Å². The van der Waals surface area contributed by atoms with Crippen molar-refractivity contribution in [3.05, 3.63) is 30.1 Å². The maximum Gasteiger partial charge on any atom is 0.244 e. The van der Waals surface area contributed by atoms with Crippen molar-refractivity contribution < 1.29 is 9.59 Å². The van der Waals surface area contributed by atoms with Crippen LogP contribution >= 0.6 is 0 Å². The van der Waals surface area contributed by atoms with E-state index in [1.807, 2.05) is 28.1 Å². The van der Waals surface area contributed by atoms with E-state index in [1.54, 1.807) is 6.20 Å². The Bertz CT molecular complexity index is 860. The minimum atomic E-state index is -0.0285. The zero-order valence-electron chi connectivity index (χ0n) is 16.4. The number of hydrogen-bond acceptors (Lipinski definition) is 7. The van der Waals surface area contributed by atoms with Gasteiger partial charge in [-0.05, 0) is 53.2 Å². The fraction of sp³-hybridized carbons (Fsp3) is 0.579. The summed E-state index contributed by atoms with van der Waals surface area (Å²) in [5, 5.41) is 10.8. The lowest BCUT2D eigenvalue weighted by Crippen LogP contribution is -2.53. The molecule has 0 bridgehead atoms. The topological polar surface area (TPSA) is 123 Å². The van der Waals surface area contributed by atoms with Crippen LogP contribution in [0.5, 0.6) is 0 Å². The highest BCUT2D eigenvalue weighted by Gasteiger charge is 2.41. The van der Waals surface area contributed by atoms with Crippen molar-refractivity contribution in [1.82, 2.24) is 35.0 Å². The smallest absolute Gasteiger partial charge is 0.244 e.